The van der Waals surface area contributed by atoms with Crippen LogP contribution in [0.25, 0.3) is 0 Å². The van der Waals surface area contributed by atoms with Crippen molar-refractivity contribution in [3.63, 3.8) is 0 Å². The zero-order valence-corrected chi connectivity index (χ0v) is 10.7. The van der Waals surface area contributed by atoms with Gasteiger partial charge in [0.2, 0.25) is 0 Å². The van der Waals surface area contributed by atoms with E-state index in [0.717, 1.165) is 12.1 Å². The maximum atomic E-state index is 12.6. The first kappa shape index (κ1) is 14.4. The van der Waals surface area contributed by atoms with Crippen LogP contribution in [0.15, 0.2) is 42.5 Å². The van der Waals surface area contributed by atoms with Crippen LogP contribution in [-0.4, -0.2) is 6.29 Å². The molecule has 0 aromatic heterocycles. The first-order chi connectivity index (χ1) is 9.40. The molecule has 104 valence electrons. The minimum Gasteiger partial charge on any atom is -0.456 e. The summed E-state index contributed by atoms with van der Waals surface area (Å²) < 4.78 is 43.0. The number of alkyl halides is 3. The Morgan fingerprint density at radius 3 is 2.45 bits per heavy atom. The Bertz CT molecular complexity index is 639. The maximum absolute atomic E-state index is 12.6. The lowest BCUT2D eigenvalue weighted by molar-refractivity contribution is -0.137. The molecule has 2 nitrogen and oxygen atoms in total. The summed E-state index contributed by atoms with van der Waals surface area (Å²) >= 11 is 5.88. The number of ether oxygens (including phenoxy) is 1. The third-order valence-corrected chi connectivity index (χ3v) is 2.78. The highest BCUT2D eigenvalue weighted by atomic mass is 35.5. The Hall–Kier alpha value is -2.01. The van der Waals surface area contributed by atoms with E-state index in [1.54, 1.807) is 0 Å². The second-order valence-electron chi connectivity index (χ2n) is 3.94. The summed E-state index contributed by atoms with van der Waals surface area (Å²) in [6, 6.07) is 8.71. The Labute approximate surface area is 117 Å². The number of carbonyl (C=O) groups is 1. The van der Waals surface area contributed by atoms with Crippen molar-refractivity contribution < 1.29 is 22.7 Å². The van der Waals surface area contributed by atoms with Crippen molar-refractivity contribution in [2.75, 3.05) is 0 Å². The van der Waals surface area contributed by atoms with Crippen LogP contribution in [-0.2, 0) is 6.18 Å². The van der Waals surface area contributed by atoms with Gasteiger partial charge in [-0.15, -0.1) is 0 Å². The van der Waals surface area contributed by atoms with E-state index in [-0.39, 0.29) is 16.5 Å². The monoisotopic (exact) mass is 300 g/mol. The molecule has 2 aromatic rings. The summed E-state index contributed by atoms with van der Waals surface area (Å²) in [5.41, 5.74) is -0.456. The second kappa shape index (κ2) is 5.54. The highest BCUT2D eigenvalue weighted by Gasteiger charge is 2.30. The smallest absolute Gasteiger partial charge is 0.416 e. The quantitative estimate of drug-likeness (QED) is 0.749. The van der Waals surface area contributed by atoms with E-state index in [1.807, 2.05) is 0 Å². The van der Waals surface area contributed by atoms with Crippen LogP contribution in [0.2, 0.25) is 5.02 Å². The molecule has 0 N–H and O–H groups in total. The van der Waals surface area contributed by atoms with Gasteiger partial charge in [0, 0.05) is 5.56 Å². The van der Waals surface area contributed by atoms with Gasteiger partial charge in [0.25, 0.3) is 0 Å². The number of hydrogen-bond donors (Lipinski definition) is 0. The fraction of sp³-hybridized carbons (Fsp3) is 0.0714. The molecule has 0 atom stereocenters. The van der Waals surface area contributed by atoms with Gasteiger partial charge in [-0.2, -0.15) is 13.2 Å². The van der Waals surface area contributed by atoms with Gasteiger partial charge in [0.15, 0.2) is 0 Å². The fourth-order valence-electron chi connectivity index (χ4n) is 1.54. The summed E-state index contributed by atoms with van der Waals surface area (Å²) in [6.07, 6.45) is -3.83. The largest absolute Gasteiger partial charge is 0.456 e. The summed E-state index contributed by atoms with van der Waals surface area (Å²) in [4.78, 5) is 10.6. The third-order valence-electron chi connectivity index (χ3n) is 2.48. The van der Waals surface area contributed by atoms with Crippen LogP contribution in [0.4, 0.5) is 13.2 Å². The number of halogens is 4. The van der Waals surface area contributed by atoms with Crippen molar-refractivity contribution in [2.24, 2.45) is 0 Å². The van der Waals surface area contributed by atoms with Crippen LogP contribution in [0.1, 0.15) is 15.9 Å². The van der Waals surface area contributed by atoms with E-state index in [4.69, 9.17) is 16.3 Å². The van der Waals surface area contributed by atoms with E-state index in [0.29, 0.717) is 11.8 Å². The Morgan fingerprint density at radius 1 is 1.10 bits per heavy atom. The summed E-state index contributed by atoms with van der Waals surface area (Å²) in [6.45, 7) is 0. The summed E-state index contributed by atoms with van der Waals surface area (Å²) in [5, 5.41) is 0.145. The highest BCUT2D eigenvalue weighted by Crippen LogP contribution is 2.34. The van der Waals surface area contributed by atoms with Gasteiger partial charge in [-0.25, -0.2) is 0 Å². The molecule has 0 bridgehead atoms. The van der Waals surface area contributed by atoms with E-state index in [2.05, 4.69) is 0 Å². The first-order valence-corrected chi connectivity index (χ1v) is 5.88. The molecule has 0 fully saturated rings. The zero-order chi connectivity index (χ0) is 14.8. The van der Waals surface area contributed by atoms with Crippen LogP contribution in [0.3, 0.4) is 0 Å². The van der Waals surface area contributed by atoms with Gasteiger partial charge in [-0.05, 0) is 36.4 Å². The van der Waals surface area contributed by atoms with Crippen molar-refractivity contribution in [1.29, 1.82) is 0 Å². The van der Waals surface area contributed by atoms with Crippen LogP contribution in [0.5, 0.6) is 11.5 Å². The molecule has 0 aliphatic carbocycles. The van der Waals surface area contributed by atoms with Gasteiger partial charge in [0.05, 0.1) is 10.6 Å². The molecule has 6 heteroatoms. The lowest BCUT2D eigenvalue weighted by Crippen LogP contribution is -2.04. The maximum Gasteiger partial charge on any atom is 0.416 e. The van der Waals surface area contributed by atoms with Crippen molar-refractivity contribution in [1.82, 2.24) is 0 Å². The standard InChI is InChI=1S/C14H8ClF3O2/c15-12-6-9(8-19)4-5-13(12)20-11-3-1-2-10(7-11)14(16,17)18/h1-8H. The van der Waals surface area contributed by atoms with Gasteiger partial charge >= 0.3 is 6.18 Å². The number of carbonyl (C=O) groups excluding carboxylic acids is 1. The summed E-state index contributed by atoms with van der Waals surface area (Å²) in [5.74, 6) is 0.192. The average Bonchev–Trinajstić information content (AvgIpc) is 2.40. The molecule has 20 heavy (non-hydrogen) atoms. The Balaban J connectivity index is 2.28. The van der Waals surface area contributed by atoms with Gasteiger partial charge < -0.3 is 4.74 Å². The normalized spacial score (nSPS) is 11.2. The minimum absolute atomic E-state index is 0.0144. The molecule has 0 heterocycles. The molecule has 0 spiro atoms. The predicted octanol–water partition coefficient (Wildman–Crippen LogP) is 4.96. The van der Waals surface area contributed by atoms with E-state index < -0.39 is 11.7 Å². The lowest BCUT2D eigenvalue weighted by atomic mass is 10.2. The van der Waals surface area contributed by atoms with Crippen LogP contribution >= 0.6 is 11.6 Å². The third kappa shape index (κ3) is 3.30. The molecular weight excluding hydrogens is 293 g/mol. The lowest BCUT2D eigenvalue weighted by Gasteiger charge is -2.11. The molecule has 0 amide bonds. The number of benzene rings is 2. The number of rotatable bonds is 3. The molecule has 2 rings (SSSR count). The molecular formula is C14H8ClF3O2. The zero-order valence-electron chi connectivity index (χ0n) is 9.95. The predicted molar refractivity (Wildman–Crippen MR) is 68.4 cm³/mol. The summed E-state index contributed by atoms with van der Waals surface area (Å²) in [7, 11) is 0. The van der Waals surface area contributed by atoms with E-state index >= 15 is 0 Å². The molecule has 2 aromatic carbocycles. The molecule has 0 unspecified atom stereocenters. The van der Waals surface area contributed by atoms with Gasteiger partial charge in [-0.1, -0.05) is 17.7 Å². The van der Waals surface area contributed by atoms with Crippen molar-refractivity contribution in [2.45, 2.75) is 6.18 Å². The second-order valence-corrected chi connectivity index (χ2v) is 4.34. The molecule has 0 saturated heterocycles. The van der Waals surface area contributed by atoms with Crippen molar-refractivity contribution in [3.8, 4) is 11.5 Å². The first-order valence-electron chi connectivity index (χ1n) is 5.50. The Kier molecular flexibility index (Phi) is 3.99. The average molecular weight is 301 g/mol. The molecule has 0 saturated carbocycles. The van der Waals surface area contributed by atoms with Crippen LogP contribution < -0.4 is 4.74 Å². The van der Waals surface area contributed by atoms with Crippen molar-refractivity contribution in [3.05, 3.63) is 58.6 Å². The number of aldehydes is 1. The Morgan fingerprint density at radius 2 is 1.85 bits per heavy atom. The molecule has 0 radical (unpaired) electrons. The molecule has 0 aliphatic rings. The van der Waals surface area contributed by atoms with Gasteiger partial charge in [0.1, 0.15) is 17.8 Å². The van der Waals surface area contributed by atoms with Gasteiger partial charge in [-0.3, -0.25) is 4.79 Å². The minimum atomic E-state index is -4.44. The topological polar surface area (TPSA) is 26.3 Å². The van der Waals surface area contributed by atoms with E-state index in [9.17, 15) is 18.0 Å². The number of hydrogen-bond acceptors (Lipinski definition) is 2. The van der Waals surface area contributed by atoms with Crippen molar-refractivity contribution >= 4 is 17.9 Å². The van der Waals surface area contributed by atoms with E-state index in [1.165, 1.54) is 30.3 Å². The SMILES string of the molecule is O=Cc1ccc(Oc2cccc(C(F)(F)F)c2)c(Cl)c1. The molecule has 0 aliphatic heterocycles. The highest BCUT2D eigenvalue weighted by molar-refractivity contribution is 6.32. The van der Waals surface area contributed by atoms with Crippen LogP contribution in [0, 0.1) is 0 Å². The fourth-order valence-corrected chi connectivity index (χ4v) is 1.76.